The third-order valence-corrected chi connectivity index (χ3v) is 5.79. The lowest BCUT2D eigenvalue weighted by Gasteiger charge is -2.14. The van der Waals surface area contributed by atoms with Crippen LogP contribution in [0, 0.1) is 6.92 Å². The molecule has 27 heavy (non-hydrogen) atoms. The fourth-order valence-electron chi connectivity index (χ4n) is 2.71. The van der Waals surface area contributed by atoms with Crippen LogP contribution < -0.4 is 4.18 Å². The van der Waals surface area contributed by atoms with Gasteiger partial charge in [-0.25, -0.2) is 0 Å². The first kappa shape index (κ1) is 19.6. The molecular weight excluding hydrogens is 397 g/mol. The largest absolute Gasteiger partial charge is 0.534 e. The molecule has 3 nitrogen and oxygen atoms in total. The lowest BCUT2D eigenvalue weighted by Crippen LogP contribution is -2.28. The van der Waals surface area contributed by atoms with Gasteiger partial charge >= 0.3 is 15.6 Å². The van der Waals surface area contributed by atoms with Gasteiger partial charge in [0.2, 0.25) is 0 Å². The van der Waals surface area contributed by atoms with E-state index in [1.807, 2.05) is 43.3 Å². The maximum atomic E-state index is 12.7. The van der Waals surface area contributed by atoms with Crippen molar-refractivity contribution in [2.45, 2.75) is 17.3 Å². The smallest absolute Gasteiger partial charge is 0.375 e. The highest BCUT2D eigenvalue weighted by molar-refractivity contribution is 7.98. The van der Waals surface area contributed by atoms with E-state index >= 15 is 0 Å². The summed E-state index contributed by atoms with van der Waals surface area (Å²) >= 11 is 1.11. The van der Waals surface area contributed by atoms with Crippen LogP contribution in [0.2, 0.25) is 0 Å². The number of rotatable bonds is 4. The van der Waals surface area contributed by atoms with Gasteiger partial charge in [0.05, 0.1) is 4.90 Å². The predicted molar refractivity (Wildman–Crippen MR) is 102 cm³/mol. The fraction of sp³-hybridized carbons (Fsp3) is 0.158. The average Bonchev–Trinajstić information content (AvgIpc) is 2.60. The SMILES string of the molecule is CSc1cc2ccc(-c3ccccc3C)cc2cc1OS(=O)(=O)C(F)(F)F. The normalized spacial score (nSPS) is 12.3. The minimum atomic E-state index is -5.73. The fourth-order valence-corrected chi connectivity index (χ4v) is 3.78. The van der Waals surface area contributed by atoms with E-state index in [-0.39, 0.29) is 5.75 Å². The molecule has 0 aliphatic heterocycles. The van der Waals surface area contributed by atoms with E-state index in [1.165, 1.54) is 6.07 Å². The summed E-state index contributed by atoms with van der Waals surface area (Å²) in [6.07, 6.45) is 1.63. The summed E-state index contributed by atoms with van der Waals surface area (Å²) in [6.45, 7) is 1.96. The second-order valence-corrected chi connectivity index (χ2v) is 8.25. The summed E-state index contributed by atoms with van der Waals surface area (Å²) < 4.78 is 65.2. The predicted octanol–water partition coefficient (Wildman–Crippen LogP) is 5.77. The van der Waals surface area contributed by atoms with Crippen molar-refractivity contribution in [2.75, 3.05) is 6.26 Å². The number of thioether (sulfide) groups is 1. The van der Waals surface area contributed by atoms with Gasteiger partial charge in [0.15, 0.2) is 5.75 Å². The molecule has 142 valence electrons. The van der Waals surface area contributed by atoms with Gasteiger partial charge < -0.3 is 4.18 Å². The Balaban J connectivity index is 2.13. The summed E-state index contributed by atoms with van der Waals surface area (Å²) in [4.78, 5) is 0.305. The van der Waals surface area contributed by atoms with Crippen LogP contribution in [-0.2, 0) is 10.1 Å². The Bertz CT molecular complexity index is 1110. The lowest BCUT2D eigenvalue weighted by atomic mass is 9.98. The maximum absolute atomic E-state index is 12.7. The number of hydrogen-bond acceptors (Lipinski definition) is 4. The van der Waals surface area contributed by atoms with E-state index in [4.69, 9.17) is 0 Å². The van der Waals surface area contributed by atoms with E-state index in [1.54, 1.807) is 18.4 Å². The van der Waals surface area contributed by atoms with E-state index < -0.39 is 15.6 Å². The molecule has 0 aliphatic rings. The average molecular weight is 412 g/mol. The number of halogens is 3. The van der Waals surface area contributed by atoms with Crippen LogP contribution in [0.1, 0.15) is 5.56 Å². The molecule has 3 aromatic carbocycles. The van der Waals surface area contributed by atoms with E-state index in [0.717, 1.165) is 33.8 Å². The minimum Gasteiger partial charge on any atom is -0.375 e. The number of aryl methyl sites for hydroxylation is 1. The lowest BCUT2D eigenvalue weighted by molar-refractivity contribution is -0.0500. The highest BCUT2D eigenvalue weighted by Gasteiger charge is 2.48. The van der Waals surface area contributed by atoms with Gasteiger partial charge in [-0.1, -0.05) is 36.4 Å². The second-order valence-electron chi connectivity index (χ2n) is 5.86. The molecular formula is C19H15F3O3S2. The Morgan fingerprint density at radius 3 is 2.30 bits per heavy atom. The first-order valence-electron chi connectivity index (χ1n) is 7.81. The highest BCUT2D eigenvalue weighted by atomic mass is 32.2. The maximum Gasteiger partial charge on any atom is 0.534 e. The highest BCUT2D eigenvalue weighted by Crippen LogP contribution is 2.37. The van der Waals surface area contributed by atoms with Crippen LogP contribution in [-0.4, -0.2) is 20.2 Å². The first-order chi connectivity index (χ1) is 12.6. The van der Waals surface area contributed by atoms with Gasteiger partial charge in [-0.2, -0.15) is 21.6 Å². The zero-order chi connectivity index (χ0) is 19.8. The molecule has 0 unspecified atom stereocenters. The molecule has 0 aliphatic carbocycles. The Morgan fingerprint density at radius 2 is 1.67 bits per heavy atom. The van der Waals surface area contributed by atoms with Crippen molar-refractivity contribution < 1.29 is 25.8 Å². The third kappa shape index (κ3) is 3.91. The van der Waals surface area contributed by atoms with Crippen molar-refractivity contribution in [2.24, 2.45) is 0 Å². The molecule has 3 aromatic rings. The molecule has 0 atom stereocenters. The van der Waals surface area contributed by atoms with Gasteiger partial charge in [-0.15, -0.1) is 11.8 Å². The summed E-state index contributed by atoms with van der Waals surface area (Å²) in [5.74, 6) is -0.339. The molecule has 0 spiro atoms. The number of hydrogen-bond donors (Lipinski definition) is 0. The van der Waals surface area contributed by atoms with Gasteiger partial charge in [0, 0.05) is 0 Å². The molecule has 0 heterocycles. The van der Waals surface area contributed by atoms with Gasteiger partial charge in [0.25, 0.3) is 0 Å². The third-order valence-electron chi connectivity index (χ3n) is 4.06. The molecule has 0 saturated heterocycles. The standard InChI is InChI=1S/C19H15F3O3S2/c1-12-5-3-4-6-16(12)14-8-7-13-11-18(26-2)17(10-15(13)9-14)25-27(23,24)19(20,21)22/h3-11H,1-2H3. The zero-order valence-electron chi connectivity index (χ0n) is 14.4. The Labute approximate surface area is 159 Å². The van der Waals surface area contributed by atoms with Gasteiger partial charge in [-0.3, -0.25) is 0 Å². The molecule has 0 amide bonds. The molecule has 0 saturated carbocycles. The van der Waals surface area contributed by atoms with Crippen LogP contribution >= 0.6 is 11.8 Å². The van der Waals surface area contributed by atoms with E-state index in [9.17, 15) is 21.6 Å². The second kappa shape index (κ2) is 7.09. The molecule has 8 heteroatoms. The van der Waals surface area contributed by atoms with Crippen molar-refractivity contribution in [3.8, 4) is 16.9 Å². The molecule has 0 fully saturated rings. The quantitative estimate of drug-likeness (QED) is 0.310. The first-order valence-corrected chi connectivity index (χ1v) is 10.4. The summed E-state index contributed by atoms with van der Waals surface area (Å²) in [5.41, 5.74) is -2.57. The van der Waals surface area contributed by atoms with Crippen molar-refractivity contribution >= 4 is 32.7 Å². The van der Waals surface area contributed by atoms with Gasteiger partial charge in [0.1, 0.15) is 0 Å². The molecule has 0 N–H and O–H groups in total. The Morgan fingerprint density at radius 1 is 0.963 bits per heavy atom. The Kier molecular flexibility index (Phi) is 5.14. The van der Waals surface area contributed by atoms with Crippen molar-refractivity contribution in [1.82, 2.24) is 0 Å². The summed E-state index contributed by atoms with van der Waals surface area (Å²) in [6, 6.07) is 16.2. The number of fused-ring (bicyclic) bond motifs is 1. The molecule has 0 aromatic heterocycles. The summed E-state index contributed by atoms with van der Waals surface area (Å²) in [5, 5.41) is 1.36. The molecule has 0 radical (unpaired) electrons. The van der Waals surface area contributed by atoms with Crippen LogP contribution in [0.4, 0.5) is 13.2 Å². The monoisotopic (exact) mass is 412 g/mol. The van der Waals surface area contributed by atoms with Crippen LogP contribution in [0.15, 0.2) is 59.5 Å². The van der Waals surface area contributed by atoms with Crippen molar-refractivity contribution in [3.63, 3.8) is 0 Å². The van der Waals surface area contributed by atoms with Crippen LogP contribution in [0.5, 0.6) is 5.75 Å². The zero-order valence-corrected chi connectivity index (χ0v) is 16.0. The molecule has 3 rings (SSSR count). The Hall–Kier alpha value is -2.19. The molecule has 0 bridgehead atoms. The number of benzene rings is 3. The summed E-state index contributed by atoms with van der Waals surface area (Å²) in [7, 11) is -5.73. The van der Waals surface area contributed by atoms with Crippen LogP contribution in [0.25, 0.3) is 21.9 Å². The number of alkyl halides is 3. The van der Waals surface area contributed by atoms with E-state index in [2.05, 4.69) is 4.18 Å². The minimum absolute atomic E-state index is 0.305. The van der Waals surface area contributed by atoms with E-state index in [0.29, 0.717) is 10.3 Å². The van der Waals surface area contributed by atoms with Crippen molar-refractivity contribution in [3.05, 3.63) is 60.2 Å². The van der Waals surface area contributed by atoms with Crippen LogP contribution in [0.3, 0.4) is 0 Å². The van der Waals surface area contributed by atoms with Gasteiger partial charge in [-0.05, 0) is 58.8 Å². The topological polar surface area (TPSA) is 43.4 Å². The van der Waals surface area contributed by atoms with Crippen molar-refractivity contribution in [1.29, 1.82) is 0 Å².